The number of urea groups is 1. The van der Waals surface area contributed by atoms with Crippen molar-refractivity contribution in [3.05, 3.63) is 54.1 Å². The highest BCUT2D eigenvalue weighted by Crippen LogP contribution is 2.29. The molecule has 0 radical (unpaired) electrons. The van der Waals surface area contributed by atoms with Gasteiger partial charge in [-0.1, -0.05) is 29.8 Å². The number of carbonyl (C=O) groups is 1. The van der Waals surface area contributed by atoms with Gasteiger partial charge in [0.05, 0.1) is 17.1 Å². The summed E-state index contributed by atoms with van der Waals surface area (Å²) >= 11 is 0. The minimum atomic E-state index is -0.559. The third-order valence-electron chi connectivity index (χ3n) is 2.69. The van der Waals surface area contributed by atoms with Crippen LogP contribution >= 0.6 is 0 Å². The van der Waals surface area contributed by atoms with Crippen molar-refractivity contribution >= 4 is 23.1 Å². The van der Waals surface area contributed by atoms with Crippen molar-refractivity contribution in [2.45, 2.75) is 6.92 Å². The Kier molecular flexibility index (Phi) is 3.19. The summed E-state index contributed by atoms with van der Waals surface area (Å²) in [5, 5.41) is 0. The SMILES string of the molecule is Cc1ccc(N(C(N)=O)c2ccccc2N)cc1. The number of benzene rings is 2. The summed E-state index contributed by atoms with van der Waals surface area (Å²) in [5.74, 6) is 0. The van der Waals surface area contributed by atoms with Crippen LogP contribution < -0.4 is 16.4 Å². The Bertz CT molecular complexity index is 564. The molecule has 4 heteroatoms. The van der Waals surface area contributed by atoms with Crippen LogP contribution in [-0.2, 0) is 0 Å². The van der Waals surface area contributed by atoms with Gasteiger partial charge in [-0.05, 0) is 31.2 Å². The maximum absolute atomic E-state index is 11.6. The lowest BCUT2D eigenvalue weighted by molar-refractivity contribution is 0.256. The van der Waals surface area contributed by atoms with E-state index in [1.54, 1.807) is 12.1 Å². The first kappa shape index (κ1) is 12.0. The quantitative estimate of drug-likeness (QED) is 0.793. The normalized spacial score (nSPS) is 10.1. The molecular formula is C14H15N3O. The minimum Gasteiger partial charge on any atom is -0.397 e. The number of primary amides is 1. The molecule has 0 aliphatic carbocycles. The highest BCUT2D eigenvalue weighted by atomic mass is 16.2. The predicted molar refractivity (Wildman–Crippen MR) is 73.8 cm³/mol. The fourth-order valence-corrected chi connectivity index (χ4v) is 1.77. The van der Waals surface area contributed by atoms with Crippen molar-refractivity contribution in [2.75, 3.05) is 10.6 Å². The molecular weight excluding hydrogens is 226 g/mol. The van der Waals surface area contributed by atoms with Gasteiger partial charge in [-0.15, -0.1) is 0 Å². The number of hydrogen-bond donors (Lipinski definition) is 2. The molecule has 0 heterocycles. The Morgan fingerprint density at radius 1 is 1.06 bits per heavy atom. The van der Waals surface area contributed by atoms with Gasteiger partial charge in [0.15, 0.2) is 0 Å². The average molecular weight is 241 g/mol. The zero-order valence-corrected chi connectivity index (χ0v) is 10.1. The van der Waals surface area contributed by atoms with Gasteiger partial charge in [0.1, 0.15) is 0 Å². The highest BCUT2D eigenvalue weighted by Gasteiger charge is 2.16. The van der Waals surface area contributed by atoms with E-state index in [1.807, 2.05) is 43.3 Å². The van der Waals surface area contributed by atoms with E-state index in [2.05, 4.69) is 0 Å². The van der Waals surface area contributed by atoms with Gasteiger partial charge in [-0.3, -0.25) is 4.90 Å². The van der Waals surface area contributed by atoms with Crippen LogP contribution in [0.4, 0.5) is 21.9 Å². The molecule has 4 nitrogen and oxygen atoms in total. The van der Waals surface area contributed by atoms with Crippen LogP contribution in [0.25, 0.3) is 0 Å². The summed E-state index contributed by atoms with van der Waals surface area (Å²) in [5.41, 5.74) is 14.2. The van der Waals surface area contributed by atoms with Gasteiger partial charge in [0.25, 0.3) is 0 Å². The summed E-state index contributed by atoms with van der Waals surface area (Å²) in [6, 6.07) is 14.1. The fourth-order valence-electron chi connectivity index (χ4n) is 1.77. The molecule has 4 N–H and O–H groups in total. The van der Waals surface area contributed by atoms with Crippen LogP contribution in [0.2, 0.25) is 0 Å². The van der Waals surface area contributed by atoms with E-state index in [0.29, 0.717) is 17.1 Å². The number of aryl methyl sites for hydroxylation is 1. The van der Waals surface area contributed by atoms with Crippen molar-refractivity contribution in [3.63, 3.8) is 0 Å². The highest BCUT2D eigenvalue weighted by molar-refractivity contribution is 6.01. The molecule has 2 rings (SSSR count). The molecule has 0 aliphatic rings. The number of nitrogens with two attached hydrogens (primary N) is 2. The van der Waals surface area contributed by atoms with Crippen LogP contribution in [0.15, 0.2) is 48.5 Å². The molecule has 0 saturated heterocycles. The molecule has 2 aromatic rings. The van der Waals surface area contributed by atoms with Gasteiger partial charge < -0.3 is 11.5 Å². The van der Waals surface area contributed by atoms with Gasteiger partial charge in [-0.25, -0.2) is 4.79 Å². The van der Waals surface area contributed by atoms with Crippen molar-refractivity contribution in [2.24, 2.45) is 5.73 Å². The Labute approximate surface area is 106 Å². The standard InChI is InChI=1S/C14H15N3O/c1-10-6-8-11(9-7-10)17(14(16)18)13-5-3-2-4-12(13)15/h2-9H,15H2,1H3,(H2,16,18). The van der Waals surface area contributed by atoms with Crippen molar-refractivity contribution < 1.29 is 4.79 Å². The van der Waals surface area contributed by atoms with Crippen LogP contribution in [0, 0.1) is 6.92 Å². The smallest absolute Gasteiger partial charge is 0.323 e. The molecule has 0 bridgehead atoms. The van der Waals surface area contributed by atoms with Crippen molar-refractivity contribution in [1.82, 2.24) is 0 Å². The molecule has 0 unspecified atom stereocenters. The average Bonchev–Trinajstić information content (AvgIpc) is 2.34. The molecule has 0 aliphatic heterocycles. The Hall–Kier alpha value is -2.49. The lowest BCUT2D eigenvalue weighted by Crippen LogP contribution is -2.31. The number of nitrogens with zero attached hydrogens (tertiary/aromatic N) is 1. The van der Waals surface area contributed by atoms with E-state index >= 15 is 0 Å². The molecule has 0 atom stereocenters. The summed E-state index contributed by atoms with van der Waals surface area (Å²) in [7, 11) is 0. The molecule has 0 aromatic heterocycles. The predicted octanol–water partition coefficient (Wildman–Crippen LogP) is 2.79. The molecule has 92 valence electrons. The second-order valence-corrected chi connectivity index (χ2v) is 4.07. The third kappa shape index (κ3) is 2.27. The molecule has 0 fully saturated rings. The van der Waals surface area contributed by atoms with E-state index in [1.165, 1.54) is 4.90 Å². The van der Waals surface area contributed by atoms with Crippen molar-refractivity contribution in [3.8, 4) is 0 Å². The second kappa shape index (κ2) is 4.79. The van der Waals surface area contributed by atoms with Crippen molar-refractivity contribution in [1.29, 1.82) is 0 Å². The maximum Gasteiger partial charge on any atom is 0.323 e. The molecule has 18 heavy (non-hydrogen) atoms. The Morgan fingerprint density at radius 3 is 2.22 bits per heavy atom. The first-order chi connectivity index (χ1) is 8.59. The van der Waals surface area contributed by atoms with Crippen LogP contribution in [0.1, 0.15) is 5.56 Å². The number of para-hydroxylation sites is 2. The lowest BCUT2D eigenvalue weighted by atomic mass is 10.2. The van der Waals surface area contributed by atoms with E-state index in [-0.39, 0.29) is 0 Å². The summed E-state index contributed by atoms with van der Waals surface area (Å²) < 4.78 is 0. The summed E-state index contributed by atoms with van der Waals surface area (Å²) in [4.78, 5) is 13.0. The fraction of sp³-hybridized carbons (Fsp3) is 0.0714. The van der Waals surface area contributed by atoms with Gasteiger partial charge >= 0.3 is 6.03 Å². The van der Waals surface area contributed by atoms with E-state index in [9.17, 15) is 4.79 Å². The first-order valence-corrected chi connectivity index (χ1v) is 5.60. The third-order valence-corrected chi connectivity index (χ3v) is 2.69. The minimum absolute atomic E-state index is 0.511. The number of carbonyl (C=O) groups excluding carboxylic acids is 1. The Morgan fingerprint density at radius 2 is 1.67 bits per heavy atom. The summed E-state index contributed by atoms with van der Waals surface area (Å²) in [6.45, 7) is 1.98. The van der Waals surface area contributed by atoms with Crippen LogP contribution in [-0.4, -0.2) is 6.03 Å². The number of hydrogen-bond acceptors (Lipinski definition) is 2. The van der Waals surface area contributed by atoms with Gasteiger partial charge in [-0.2, -0.15) is 0 Å². The molecule has 0 saturated carbocycles. The number of anilines is 3. The van der Waals surface area contributed by atoms with Crippen LogP contribution in [0.3, 0.4) is 0 Å². The molecule has 0 spiro atoms. The van der Waals surface area contributed by atoms with E-state index in [4.69, 9.17) is 11.5 Å². The largest absolute Gasteiger partial charge is 0.397 e. The number of rotatable bonds is 2. The number of nitrogen functional groups attached to an aromatic ring is 1. The van der Waals surface area contributed by atoms with E-state index in [0.717, 1.165) is 5.56 Å². The van der Waals surface area contributed by atoms with Gasteiger partial charge in [0, 0.05) is 0 Å². The number of amides is 2. The Balaban J connectivity index is 2.50. The molecule has 2 aromatic carbocycles. The zero-order chi connectivity index (χ0) is 13.1. The summed E-state index contributed by atoms with van der Waals surface area (Å²) in [6.07, 6.45) is 0. The van der Waals surface area contributed by atoms with E-state index < -0.39 is 6.03 Å². The monoisotopic (exact) mass is 241 g/mol. The van der Waals surface area contributed by atoms with Crippen LogP contribution in [0.5, 0.6) is 0 Å². The maximum atomic E-state index is 11.6. The second-order valence-electron chi connectivity index (χ2n) is 4.07. The van der Waals surface area contributed by atoms with Gasteiger partial charge in [0.2, 0.25) is 0 Å². The molecule has 2 amide bonds. The first-order valence-electron chi connectivity index (χ1n) is 5.60. The zero-order valence-electron chi connectivity index (χ0n) is 10.1. The lowest BCUT2D eigenvalue weighted by Gasteiger charge is -2.22. The topological polar surface area (TPSA) is 72.3 Å².